The number of H-pyrrole nitrogens is 1. The fourth-order valence-electron chi connectivity index (χ4n) is 1.88. The normalized spacial score (nSPS) is 11.1. The van der Waals surface area contributed by atoms with E-state index in [1.165, 1.54) is 30.5 Å². The predicted molar refractivity (Wildman–Crippen MR) is 87.9 cm³/mol. The van der Waals surface area contributed by atoms with Crippen LogP contribution in [0.5, 0.6) is 0 Å². The number of aromatic nitrogens is 1. The van der Waals surface area contributed by atoms with Gasteiger partial charge in [-0.3, -0.25) is 14.3 Å². The highest BCUT2D eigenvalue weighted by molar-refractivity contribution is 7.92. The van der Waals surface area contributed by atoms with Gasteiger partial charge in [-0.25, -0.2) is 12.8 Å². The van der Waals surface area contributed by atoms with Crippen LogP contribution in [-0.4, -0.2) is 31.6 Å². The fourth-order valence-corrected chi connectivity index (χ4v) is 2.84. The molecule has 1 heterocycles. The largest absolute Gasteiger partial charge is 0.351 e. The minimum absolute atomic E-state index is 0.101. The van der Waals surface area contributed by atoms with Crippen molar-refractivity contribution < 1.29 is 17.6 Å². The van der Waals surface area contributed by atoms with Gasteiger partial charge in [0.25, 0.3) is 11.5 Å². The van der Waals surface area contributed by atoms with E-state index in [-0.39, 0.29) is 17.8 Å². The summed E-state index contributed by atoms with van der Waals surface area (Å²) < 4.78 is 39.5. The number of sulfonamides is 1. The van der Waals surface area contributed by atoms with Crippen molar-refractivity contribution >= 4 is 21.6 Å². The van der Waals surface area contributed by atoms with E-state index >= 15 is 0 Å². The highest BCUT2D eigenvalue weighted by Crippen LogP contribution is 2.14. The average molecular weight is 353 g/mol. The van der Waals surface area contributed by atoms with Crippen molar-refractivity contribution in [1.29, 1.82) is 0 Å². The highest BCUT2D eigenvalue weighted by Gasteiger charge is 2.14. The lowest BCUT2D eigenvalue weighted by molar-refractivity contribution is 0.0954. The van der Waals surface area contributed by atoms with E-state index in [9.17, 15) is 22.4 Å². The second-order valence-electron chi connectivity index (χ2n) is 5.05. The first kappa shape index (κ1) is 17.7. The van der Waals surface area contributed by atoms with Crippen molar-refractivity contribution in [1.82, 2.24) is 10.3 Å². The lowest BCUT2D eigenvalue weighted by Crippen LogP contribution is -2.34. The maximum Gasteiger partial charge on any atom is 0.260 e. The van der Waals surface area contributed by atoms with E-state index in [1.54, 1.807) is 6.92 Å². The number of anilines is 1. The first-order valence-corrected chi connectivity index (χ1v) is 8.66. The molecule has 0 saturated heterocycles. The van der Waals surface area contributed by atoms with Crippen molar-refractivity contribution in [3.63, 3.8) is 0 Å². The van der Waals surface area contributed by atoms with E-state index in [4.69, 9.17) is 0 Å². The number of aryl methyl sites for hydroxylation is 1. The molecule has 1 amide bonds. The molecule has 0 radical (unpaired) electrons. The number of hydrogen-bond acceptors (Lipinski definition) is 4. The summed E-state index contributed by atoms with van der Waals surface area (Å²) in [6.07, 6.45) is 1.38. The van der Waals surface area contributed by atoms with E-state index in [0.717, 1.165) is 6.07 Å². The Balaban J connectivity index is 1.93. The lowest BCUT2D eigenvalue weighted by Gasteiger charge is -2.09. The van der Waals surface area contributed by atoms with Crippen molar-refractivity contribution in [3.05, 3.63) is 63.8 Å². The van der Waals surface area contributed by atoms with E-state index < -0.39 is 33.1 Å². The van der Waals surface area contributed by atoms with Gasteiger partial charge >= 0.3 is 0 Å². The molecule has 0 unspecified atom stereocenters. The van der Waals surface area contributed by atoms with Crippen LogP contribution in [-0.2, 0) is 10.0 Å². The zero-order valence-corrected chi connectivity index (χ0v) is 13.6. The molecule has 0 aliphatic rings. The van der Waals surface area contributed by atoms with Gasteiger partial charge in [0.2, 0.25) is 10.0 Å². The zero-order chi connectivity index (χ0) is 17.7. The monoisotopic (exact) mass is 353 g/mol. The molecular weight excluding hydrogens is 337 g/mol. The van der Waals surface area contributed by atoms with Gasteiger partial charge in [-0.1, -0.05) is 6.07 Å². The van der Waals surface area contributed by atoms with E-state index in [2.05, 4.69) is 15.0 Å². The molecule has 0 aliphatic carbocycles. The lowest BCUT2D eigenvalue weighted by atomic mass is 10.2. The summed E-state index contributed by atoms with van der Waals surface area (Å²) in [6.45, 7) is 1.37. The zero-order valence-electron chi connectivity index (χ0n) is 12.8. The Hall–Kier alpha value is -2.68. The first-order chi connectivity index (χ1) is 11.3. The van der Waals surface area contributed by atoms with E-state index in [0.29, 0.717) is 5.56 Å². The predicted octanol–water partition coefficient (Wildman–Crippen LogP) is 0.994. The maximum absolute atomic E-state index is 13.4. The Labute approximate surface area is 138 Å². The minimum atomic E-state index is -3.77. The Morgan fingerprint density at radius 1 is 1.29 bits per heavy atom. The van der Waals surface area contributed by atoms with Crippen LogP contribution in [0.3, 0.4) is 0 Å². The molecule has 0 spiro atoms. The molecule has 128 valence electrons. The number of halogens is 1. The third-order valence-corrected chi connectivity index (χ3v) is 4.45. The van der Waals surface area contributed by atoms with Gasteiger partial charge in [-0.15, -0.1) is 0 Å². The quantitative estimate of drug-likeness (QED) is 0.720. The van der Waals surface area contributed by atoms with Crippen LogP contribution < -0.4 is 15.6 Å². The van der Waals surface area contributed by atoms with Crippen LogP contribution in [0.25, 0.3) is 0 Å². The molecule has 3 N–H and O–H groups in total. The topological polar surface area (TPSA) is 108 Å². The van der Waals surface area contributed by atoms with Gasteiger partial charge in [0.05, 0.1) is 11.4 Å². The number of carbonyl (C=O) groups excluding carboxylic acids is 1. The summed E-state index contributed by atoms with van der Waals surface area (Å²) >= 11 is 0. The molecule has 0 atom stereocenters. The standard InChI is InChI=1S/C15H16FN3O4S/c1-10-4-5-11(9-13(10)16)19-24(22,23)8-7-18-15(21)12-3-2-6-17-14(12)20/h2-6,9,19H,7-8H2,1H3,(H,17,20)(H,18,21). The summed E-state index contributed by atoms with van der Waals surface area (Å²) in [7, 11) is -3.77. The molecule has 0 saturated carbocycles. The second-order valence-corrected chi connectivity index (χ2v) is 6.90. The van der Waals surface area contributed by atoms with E-state index in [1.807, 2.05) is 0 Å². The second kappa shape index (κ2) is 7.26. The number of pyridine rings is 1. The highest BCUT2D eigenvalue weighted by atomic mass is 32.2. The Morgan fingerprint density at radius 2 is 2.04 bits per heavy atom. The van der Waals surface area contributed by atoms with Gasteiger partial charge in [-0.2, -0.15) is 0 Å². The Bertz CT molecular complexity index is 909. The first-order valence-electron chi connectivity index (χ1n) is 7.01. The number of amides is 1. The molecule has 9 heteroatoms. The third-order valence-electron chi connectivity index (χ3n) is 3.16. The summed E-state index contributed by atoms with van der Waals surface area (Å²) in [4.78, 5) is 25.6. The van der Waals surface area contributed by atoms with Crippen LogP contribution in [0.2, 0.25) is 0 Å². The molecule has 7 nitrogen and oxygen atoms in total. The molecule has 2 aromatic rings. The number of hydrogen-bond donors (Lipinski definition) is 3. The summed E-state index contributed by atoms with van der Waals surface area (Å²) in [5, 5.41) is 2.35. The van der Waals surface area contributed by atoms with Gasteiger partial charge in [0.15, 0.2) is 0 Å². The number of nitrogens with one attached hydrogen (secondary N) is 3. The molecule has 0 bridgehead atoms. The van der Waals surface area contributed by atoms with Crippen molar-refractivity contribution in [2.45, 2.75) is 6.92 Å². The average Bonchev–Trinajstić information content (AvgIpc) is 2.51. The molecule has 1 aromatic heterocycles. The smallest absolute Gasteiger partial charge is 0.260 e. The van der Waals surface area contributed by atoms with Crippen LogP contribution in [0, 0.1) is 12.7 Å². The van der Waals surface area contributed by atoms with Crippen molar-refractivity contribution in [2.24, 2.45) is 0 Å². The van der Waals surface area contributed by atoms with Crippen LogP contribution in [0.4, 0.5) is 10.1 Å². The third kappa shape index (κ3) is 4.66. The number of aromatic amines is 1. The SMILES string of the molecule is Cc1ccc(NS(=O)(=O)CCNC(=O)c2ccc[nH]c2=O)cc1F. The van der Waals surface area contributed by atoms with Crippen LogP contribution in [0.1, 0.15) is 15.9 Å². The van der Waals surface area contributed by atoms with Crippen LogP contribution >= 0.6 is 0 Å². The maximum atomic E-state index is 13.4. The van der Waals surface area contributed by atoms with Crippen LogP contribution in [0.15, 0.2) is 41.3 Å². The fraction of sp³-hybridized carbons (Fsp3) is 0.200. The van der Waals surface area contributed by atoms with Gasteiger partial charge < -0.3 is 10.3 Å². The number of benzene rings is 1. The molecule has 2 rings (SSSR count). The molecule has 1 aromatic carbocycles. The number of carbonyl (C=O) groups is 1. The van der Waals surface area contributed by atoms with Gasteiger partial charge in [0, 0.05) is 12.7 Å². The Kier molecular flexibility index (Phi) is 5.35. The van der Waals surface area contributed by atoms with Crippen molar-refractivity contribution in [2.75, 3.05) is 17.0 Å². The summed E-state index contributed by atoms with van der Waals surface area (Å²) in [5.41, 5.74) is -0.170. The molecule has 0 aliphatic heterocycles. The minimum Gasteiger partial charge on any atom is -0.351 e. The molecule has 0 fully saturated rings. The molecular formula is C15H16FN3O4S. The number of rotatable bonds is 6. The summed E-state index contributed by atoms with van der Waals surface area (Å²) in [6, 6.07) is 6.79. The Morgan fingerprint density at radius 3 is 2.71 bits per heavy atom. The summed E-state index contributed by atoms with van der Waals surface area (Å²) in [5.74, 6) is -1.61. The molecule has 24 heavy (non-hydrogen) atoms. The van der Waals surface area contributed by atoms with Crippen molar-refractivity contribution in [3.8, 4) is 0 Å². The van der Waals surface area contributed by atoms with Gasteiger partial charge in [0.1, 0.15) is 11.4 Å². The van der Waals surface area contributed by atoms with Gasteiger partial charge in [-0.05, 0) is 36.8 Å².